The largest absolute Gasteiger partial charge is 0.453 e. The summed E-state index contributed by atoms with van der Waals surface area (Å²) >= 11 is 0. The second kappa shape index (κ2) is 8.05. The van der Waals surface area contributed by atoms with Gasteiger partial charge >= 0.3 is 0 Å². The molecule has 8 aromatic rings. The van der Waals surface area contributed by atoms with Crippen molar-refractivity contribution in [1.82, 2.24) is 9.13 Å². The fraction of sp³-hybridized carbons (Fsp3) is 0. The fourth-order valence-corrected chi connectivity index (χ4v) is 6.45. The number of benzene rings is 6. The van der Waals surface area contributed by atoms with Crippen molar-refractivity contribution in [1.29, 1.82) is 0 Å². The number of hydrogen-bond acceptors (Lipinski definition) is 1. The third kappa shape index (κ3) is 3.11. The van der Waals surface area contributed by atoms with E-state index >= 15 is 0 Å². The molecule has 0 radical (unpaired) electrons. The number of rotatable bonds is 2. The lowest BCUT2D eigenvalue weighted by molar-refractivity contribution is 0.476. The van der Waals surface area contributed by atoms with Crippen molar-refractivity contribution in [3.63, 3.8) is 0 Å². The van der Waals surface area contributed by atoms with Crippen molar-refractivity contribution in [3.05, 3.63) is 133 Å². The first-order valence-electron chi connectivity index (χ1n) is 13.5. The molecule has 0 atom stereocenters. The van der Waals surface area contributed by atoms with Crippen LogP contribution in [-0.4, -0.2) is 9.13 Å². The summed E-state index contributed by atoms with van der Waals surface area (Å²) in [6, 6.07) is 38.5. The van der Waals surface area contributed by atoms with Crippen molar-refractivity contribution in [2.75, 3.05) is 0 Å². The van der Waals surface area contributed by atoms with E-state index in [0.29, 0.717) is 10.8 Å². The van der Waals surface area contributed by atoms with Gasteiger partial charge in [-0.05, 0) is 83.9 Å². The Kier molecular flexibility index (Phi) is 4.40. The Hall–Kier alpha value is -5.42. The molecule has 0 saturated carbocycles. The molecular weight excluding hydrogens is 514 g/mol. The van der Waals surface area contributed by atoms with Crippen molar-refractivity contribution in [2.24, 2.45) is 0 Å². The van der Waals surface area contributed by atoms with E-state index in [1.807, 2.05) is 22.8 Å². The molecule has 0 N–H and O–H groups in total. The van der Waals surface area contributed by atoms with Gasteiger partial charge < -0.3 is 13.9 Å². The van der Waals surface area contributed by atoms with E-state index in [2.05, 4.69) is 71.3 Å². The van der Waals surface area contributed by atoms with Crippen LogP contribution in [0.5, 0.6) is 11.5 Å². The van der Waals surface area contributed by atoms with Crippen LogP contribution in [0.25, 0.3) is 66.1 Å². The minimum Gasteiger partial charge on any atom is -0.453 e. The number of fused-ring (bicyclic) bond motifs is 8. The topological polar surface area (TPSA) is 19.1 Å². The molecule has 41 heavy (non-hydrogen) atoms. The fourth-order valence-electron chi connectivity index (χ4n) is 6.45. The van der Waals surface area contributed by atoms with Gasteiger partial charge in [0.05, 0.1) is 27.8 Å². The molecule has 194 valence electrons. The number of para-hydroxylation sites is 2. The van der Waals surface area contributed by atoms with Gasteiger partial charge in [0.15, 0.2) is 11.5 Å². The third-order valence-corrected chi connectivity index (χ3v) is 8.23. The molecule has 1 aliphatic rings. The van der Waals surface area contributed by atoms with E-state index in [-0.39, 0.29) is 11.6 Å². The molecule has 1 aliphatic heterocycles. The molecule has 2 aromatic heterocycles. The quantitative estimate of drug-likeness (QED) is 0.216. The molecule has 0 fully saturated rings. The van der Waals surface area contributed by atoms with Crippen LogP contribution in [0.1, 0.15) is 0 Å². The molecule has 6 aromatic carbocycles. The maximum absolute atomic E-state index is 14.1. The summed E-state index contributed by atoms with van der Waals surface area (Å²) in [4.78, 5) is 0. The summed E-state index contributed by atoms with van der Waals surface area (Å²) in [5.41, 5.74) is 7.92. The summed E-state index contributed by atoms with van der Waals surface area (Å²) < 4.78 is 39.0. The molecule has 0 bridgehead atoms. The molecule has 0 saturated heterocycles. The van der Waals surface area contributed by atoms with Crippen LogP contribution >= 0.6 is 0 Å². The zero-order valence-electron chi connectivity index (χ0n) is 21.6. The molecular formula is C36H20F2N2O. The van der Waals surface area contributed by atoms with E-state index in [1.165, 1.54) is 35.0 Å². The standard InChI is InChI=1S/C36H20F2N2O/c37-23-11-15-31-28(19-23)29-20-24(38)12-16-32(29)39(31)25-13-8-21(9-14-25)22-10-17-34-33(18-22)40-30-6-2-1-4-26(30)27-5-3-7-35(41-34)36(27)40/h1-20H. The lowest BCUT2D eigenvalue weighted by Crippen LogP contribution is -2.04. The van der Waals surface area contributed by atoms with E-state index in [9.17, 15) is 8.78 Å². The van der Waals surface area contributed by atoms with E-state index in [1.54, 1.807) is 12.1 Å². The van der Waals surface area contributed by atoms with Gasteiger partial charge in [-0.1, -0.05) is 48.5 Å². The normalized spacial score (nSPS) is 12.3. The highest BCUT2D eigenvalue weighted by atomic mass is 19.1. The summed E-state index contributed by atoms with van der Waals surface area (Å²) in [7, 11) is 0. The molecule has 0 aliphatic carbocycles. The van der Waals surface area contributed by atoms with Gasteiger partial charge in [-0.15, -0.1) is 0 Å². The van der Waals surface area contributed by atoms with Gasteiger partial charge in [0.2, 0.25) is 0 Å². The van der Waals surface area contributed by atoms with Crippen molar-refractivity contribution in [2.45, 2.75) is 0 Å². The van der Waals surface area contributed by atoms with Crippen LogP contribution < -0.4 is 4.74 Å². The monoisotopic (exact) mass is 534 g/mol. The summed E-state index contributed by atoms with van der Waals surface area (Å²) in [5, 5.41) is 3.73. The predicted octanol–water partition coefficient (Wildman–Crippen LogP) is 9.93. The van der Waals surface area contributed by atoms with Crippen LogP contribution in [0.3, 0.4) is 0 Å². The second-order valence-corrected chi connectivity index (χ2v) is 10.5. The number of ether oxygens (including phenoxy) is 1. The van der Waals surface area contributed by atoms with E-state index < -0.39 is 0 Å². The Morgan fingerprint density at radius 3 is 1.88 bits per heavy atom. The molecule has 5 heteroatoms. The Bertz CT molecular complexity index is 2300. The smallest absolute Gasteiger partial charge is 0.152 e. The van der Waals surface area contributed by atoms with E-state index in [0.717, 1.165) is 56.1 Å². The maximum atomic E-state index is 14.1. The van der Waals surface area contributed by atoms with Gasteiger partial charge in [0.25, 0.3) is 0 Å². The summed E-state index contributed by atoms with van der Waals surface area (Å²) in [6.45, 7) is 0. The van der Waals surface area contributed by atoms with Crippen LogP contribution in [0.15, 0.2) is 121 Å². The van der Waals surface area contributed by atoms with Crippen LogP contribution in [0, 0.1) is 11.6 Å². The number of aromatic nitrogens is 2. The third-order valence-electron chi connectivity index (χ3n) is 8.23. The average Bonchev–Trinajstić information content (AvgIpc) is 3.51. The zero-order chi connectivity index (χ0) is 27.2. The molecule has 0 unspecified atom stereocenters. The molecule has 0 amide bonds. The van der Waals surface area contributed by atoms with Crippen LogP contribution in [-0.2, 0) is 0 Å². The molecule has 3 heterocycles. The first-order chi connectivity index (χ1) is 20.1. The molecule has 0 spiro atoms. The van der Waals surface area contributed by atoms with Crippen molar-refractivity contribution < 1.29 is 13.5 Å². The van der Waals surface area contributed by atoms with E-state index in [4.69, 9.17) is 4.74 Å². The van der Waals surface area contributed by atoms with Crippen LogP contribution in [0.2, 0.25) is 0 Å². The van der Waals surface area contributed by atoms with Crippen molar-refractivity contribution in [3.8, 4) is 34.0 Å². The first-order valence-corrected chi connectivity index (χ1v) is 13.5. The highest BCUT2D eigenvalue weighted by molar-refractivity contribution is 6.12. The minimum atomic E-state index is -0.345. The average molecular weight is 535 g/mol. The van der Waals surface area contributed by atoms with Gasteiger partial charge in [0.1, 0.15) is 11.6 Å². The minimum absolute atomic E-state index is 0.345. The predicted molar refractivity (Wildman–Crippen MR) is 161 cm³/mol. The highest BCUT2D eigenvalue weighted by Gasteiger charge is 2.24. The first kappa shape index (κ1) is 22.4. The Morgan fingerprint density at radius 1 is 0.463 bits per heavy atom. The maximum Gasteiger partial charge on any atom is 0.152 e. The van der Waals surface area contributed by atoms with Crippen LogP contribution in [0.4, 0.5) is 8.78 Å². The molecule has 3 nitrogen and oxygen atoms in total. The zero-order valence-corrected chi connectivity index (χ0v) is 21.6. The Morgan fingerprint density at radius 2 is 1.12 bits per heavy atom. The number of nitrogens with zero attached hydrogens (tertiary/aromatic N) is 2. The van der Waals surface area contributed by atoms with Gasteiger partial charge in [0, 0.05) is 27.2 Å². The van der Waals surface area contributed by atoms with Gasteiger partial charge in [-0.3, -0.25) is 0 Å². The highest BCUT2D eigenvalue weighted by Crippen LogP contribution is 2.46. The Labute approximate surface area is 233 Å². The molecule has 9 rings (SSSR count). The number of halogens is 2. The van der Waals surface area contributed by atoms with Gasteiger partial charge in [-0.25, -0.2) is 8.78 Å². The second-order valence-electron chi connectivity index (χ2n) is 10.5. The number of hydrogen-bond donors (Lipinski definition) is 0. The Balaban J connectivity index is 1.19. The van der Waals surface area contributed by atoms with Gasteiger partial charge in [-0.2, -0.15) is 0 Å². The lowest BCUT2D eigenvalue weighted by atomic mass is 10.0. The summed E-state index contributed by atoms with van der Waals surface area (Å²) in [6.07, 6.45) is 0. The van der Waals surface area contributed by atoms with Crippen molar-refractivity contribution >= 4 is 43.6 Å². The SMILES string of the molecule is Fc1ccc2c(c1)c1cc(F)ccc1n2-c1ccc(-c2ccc3c(c2)-n2c4ccccc4c4cccc(c42)O3)cc1. The summed E-state index contributed by atoms with van der Waals surface area (Å²) in [5.74, 6) is 0.983. The lowest BCUT2D eigenvalue weighted by Gasteiger charge is -2.21.